The van der Waals surface area contributed by atoms with Crippen molar-refractivity contribution >= 4 is 18.0 Å². The average molecular weight is 409 g/mol. The van der Waals surface area contributed by atoms with Crippen LogP contribution in [-0.2, 0) is 4.79 Å². The molecular weight excluding hydrogens is 390 g/mol. The van der Waals surface area contributed by atoms with Gasteiger partial charge in [0.05, 0.1) is 25.5 Å². The first-order valence-corrected chi connectivity index (χ1v) is 8.77. The monoisotopic (exact) mass is 409 g/mol. The van der Waals surface area contributed by atoms with Gasteiger partial charge in [0, 0.05) is 18.2 Å². The molecule has 11 heteroatoms. The van der Waals surface area contributed by atoms with E-state index in [1.807, 2.05) is 0 Å². The van der Waals surface area contributed by atoms with Crippen LogP contribution in [0.1, 0.15) is 10.5 Å². The molecule has 0 fully saturated rings. The molecule has 0 spiro atoms. The molecule has 0 aliphatic rings. The summed E-state index contributed by atoms with van der Waals surface area (Å²) >= 11 is 0. The molecule has 0 aliphatic heterocycles. The van der Waals surface area contributed by atoms with E-state index >= 15 is 0 Å². The lowest BCUT2D eigenvalue weighted by Gasteiger charge is -2.13. The number of ether oxygens (including phenoxy) is 2. The first kappa shape index (κ1) is 20.6. The third kappa shape index (κ3) is 5.02. The number of benzene rings is 1. The fourth-order valence-electron chi connectivity index (χ4n) is 2.37. The summed E-state index contributed by atoms with van der Waals surface area (Å²) in [6, 6.07) is 7.48. The quantitative estimate of drug-likeness (QED) is 0.429. The van der Waals surface area contributed by atoms with Crippen molar-refractivity contribution in [3.63, 3.8) is 0 Å². The SMILES string of the molecule is COc1cnc(Oc2ccc(-c3nc(N[C@H](C=O)CN)cc(C(N)=O)n3)cc2)cn1. The molecule has 0 bridgehead atoms. The van der Waals surface area contributed by atoms with Crippen LogP contribution in [0, 0.1) is 0 Å². The maximum Gasteiger partial charge on any atom is 0.267 e. The van der Waals surface area contributed by atoms with Gasteiger partial charge in [-0.25, -0.2) is 19.9 Å². The van der Waals surface area contributed by atoms with Crippen LogP contribution < -0.4 is 26.3 Å². The Morgan fingerprint density at radius 1 is 1.17 bits per heavy atom. The Bertz CT molecular complexity index is 1030. The second-order valence-corrected chi connectivity index (χ2v) is 5.97. The molecule has 0 aliphatic carbocycles. The molecule has 0 saturated carbocycles. The lowest BCUT2D eigenvalue weighted by molar-refractivity contribution is -0.108. The number of carbonyl (C=O) groups is 2. The number of aldehydes is 1. The van der Waals surface area contributed by atoms with Crippen molar-refractivity contribution < 1.29 is 19.1 Å². The first-order chi connectivity index (χ1) is 14.5. The summed E-state index contributed by atoms with van der Waals surface area (Å²) in [6.45, 7) is 0.0645. The Kier molecular flexibility index (Phi) is 6.45. The molecule has 2 heterocycles. The summed E-state index contributed by atoms with van der Waals surface area (Å²) in [4.78, 5) is 39.3. The molecule has 3 rings (SSSR count). The topological polar surface area (TPSA) is 168 Å². The molecule has 30 heavy (non-hydrogen) atoms. The molecule has 11 nitrogen and oxygen atoms in total. The van der Waals surface area contributed by atoms with Crippen LogP contribution >= 0.6 is 0 Å². The van der Waals surface area contributed by atoms with Crippen molar-refractivity contribution in [2.24, 2.45) is 11.5 Å². The number of amides is 1. The highest BCUT2D eigenvalue weighted by molar-refractivity contribution is 5.92. The van der Waals surface area contributed by atoms with E-state index in [9.17, 15) is 9.59 Å². The van der Waals surface area contributed by atoms with Gasteiger partial charge in [0.1, 0.15) is 23.5 Å². The van der Waals surface area contributed by atoms with Gasteiger partial charge in [-0.3, -0.25) is 4.79 Å². The normalized spacial score (nSPS) is 11.4. The second-order valence-electron chi connectivity index (χ2n) is 5.97. The summed E-state index contributed by atoms with van der Waals surface area (Å²) in [5, 5.41) is 2.84. The molecule has 0 saturated heterocycles. The second kappa shape index (κ2) is 9.39. The van der Waals surface area contributed by atoms with Gasteiger partial charge in [-0.15, -0.1) is 0 Å². The number of nitrogens with zero attached hydrogens (tertiary/aromatic N) is 4. The van der Waals surface area contributed by atoms with E-state index in [1.165, 1.54) is 25.6 Å². The number of anilines is 1. The third-order valence-corrected chi connectivity index (χ3v) is 3.88. The number of rotatable bonds is 9. The number of hydrogen-bond acceptors (Lipinski definition) is 10. The van der Waals surface area contributed by atoms with E-state index in [4.69, 9.17) is 20.9 Å². The molecule has 154 valence electrons. The Balaban J connectivity index is 1.84. The molecule has 1 amide bonds. The zero-order valence-electron chi connectivity index (χ0n) is 16.0. The van der Waals surface area contributed by atoms with E-state index in [1.54, 1.807) is 24.3 Å². The number of nitrogens with one attached hydrogen (secondary N) is 1. The number of aromatic nitrogens is 4. The minimum atomic E-state index is -0.727. The number of nitrogens with two attached hydrogens (primary N) is 2. The molecule has 5 N–H and O–H groups in total. The van der Waals surface area contributed by atoms with E-state index in [0.717, 1.165) is 0 Å². The molecule has 0 radical (unpaired) electrons. The largest absolute Gasteiger partial charge is 0.480 e. The van der Waals surface area contributed by atoms with Gasteiger partial charge in [-0.05, 0) is 24.3 Å². The Morgan fingerprint density at radius 2 is 1.87 bits per heavy atom. The molecule has 3 aromatic rings. The van der Waals surface area contributed by atoms with E-state index < -0.39 is 11.9 Å². The predicted molar refractivity (Wildman–Crippen MR) is 107 cm³/mol. The lowest BCUT2D eigenvalue weighted by atomic mass is 10.2. The van der Waals surface area contributed by atoms with Crippen LogP contribution in [0.25, 0.3) is 11.4 Å². The van der Waals surface area contributed by atoms with Gasteiger partial charge in [-0.1, -0.05) is 0 Å². The summed E-state index contributed by atoms with van der Waals surface area (Å²) in [7, 11) is 1.49. The van der Waals surface area contributed by atoms with Crippen LogP contribution in [0.5, 0.6) is 17.5 Å². The Labute approximate surface area is 171 Å². The zero-order chi connectivity index (χ0) is 21.5. The summed E-state index contributed by atoms with van der Waals surface area (Å²) in [5.41, 5.74) is 11.5. The van der Waals surface area contributed by atoms with Crippen LogP contribution in [0.4, 0.5) is 5.82 Å². The fraction of sp³-hybridized carbons (Fsp3) is 0.158. The predicted octanol–water partition coefficient (Wildman–Crippen LogP) is 0.772. The van der Waals surface area contributed by atoms with Gasteiger partial charge in [0.2, 0.25) is 11.8 Å². The average Bonchev–Trinajstić information content (AvgIpc) is 2.78. The van der Waals surface area contributed by atoms with Crippen LogP contribution in [-0.4, -0.2) is 51.8 Å². The zero-order valence-corrected chi connectivity index (χ0v) is 16.0. The molecule has 1 aromatic carbocycles. The molecule has 2 aromatic heterocycles. The maximum absolute atomic E-state index is 11.6. The van der Waals surface area contributed by atoms with E-state index in [0.29, 0.717) is 29.4 Å². The van der Waals surface area contributed by atoms with Gasteiger partial charge in [0.25, 0.3) is 5.91 Å². The number of methoxy groups -OCH3 is 1. The molecule has 0 unspecified atom stereocenters. The van der Waals surface area contributed by atoms with E-state index in [2.05, 4.69) is 25.3 Å². The standard InChI is InChI=1S/C19H19N7O4/c1-29-16-8-23-17(9-22-16)30-13-4-2-11(3-5-13)19-25-14(18(21)28)6-15(26-19)24-12(7-20)10-27/h2-6,8-10,12H,7,20H2,1H3,(H2,21,28)(H,24,25,26)/t12-/m0/s1. The Hall–Kier alpha value is -4.12. The summed E-state index contributed by atoms with van der Waals surface area (Å²) in [5.74, 6) is 0.946. The minimum absolute atomic E-state index is 0.00185. The van der Waals surface area contributed by atoms with Crippen molar-refractivity contribution in [2.75, 3.05) is 19.0 Å². The highest BCUT2D eigenvalue weighted by Gasteiger charge is 2.13. The fourth-order valence-corrected chi connectivity index (χ4v) is 2.37. The van der Waals surface area contributed by atoms with Crippen molar-refractivity contribution in [2.45, 2.75) is 6.04 Å². The van der Waals surface area contributed by atoms with Gasteiger partial charge < -0.3 is 31.1 Å². The smallest absolute Gasteiger partial charge is 0.267 e. The van der Waals surface area contributed by atoms with Crippen LogP contribution in [0.3, 0.4) is 0 Å². The van der Waals surface area contributed by atoms with Crippen LogP contribution in [0.2, 0.25) is 0 Å². The van der Waals surface area contributed by atoms with Gasteiger partial charge in [-0.2, -0.15) is 0 Å². The van der Waals surface area contributed by atoms with Gasteiger partial charge >= 0.3 is 0 Å². The summed E-state index contributed by atoms with van der Waals surface area (Å²) in [6.07, 6.45) is 3.53. The highest BCUT2D eigenvalue weighted by Crippen LogP contribution is 2.24. The van der Waals surface area contributed by atoms with Crippen molar-refractivity contribution in [3.8, 4) is 28.9 Å². The van der Waals surface area contributed by atoms with Crippen molar-refractivity contribution in [3.05, 3.63) is 48.4 Å². The van der Waals surface area contributed by atoms with Gasteiger partial charge in [0.15, 0.2) is 5.82 Å². The Morgan fingerprint density at radius 3 is 2.43 bits per heavy atom. The number of primary amides is 1. The van der Waals surface area contributed by atoms with Crippen molar-refractivity contribution in [1.82, 2.24) is 19.9 Å². The molecule has 1 atom stereocenters. The molecular formula is C19H19N7O4. The highest BCUT2D eigenvalue weighted by atomic mass is 16.5. The number of carbonyl (C=O) groups excluding carboxylic acids is 2. The van der Waals surface area contributed by atoms with Crippen molar-refractivity contribution in [1.29, 1.82) is 0 Å². The van der Waals surface area contributed by atoms with Crippen LogP contribution in [0.15, 0.2) is 42.7 Å². The minimum Gasteiger partial charge on any atom is -0.480 e. The third-order valence-electron chi connectivity index (χ3n) is 3.88. The number of hydrogen-bond donors (Lipinski definition) is 3. The van der Waals surface area contributed by atoms with E-state index in [-0.39, 0.29) is 23.9 Å². The maximum atomic E-state index is 11.6. The first-order valence-electron chi connectivity index (χ1n) is 8.77. The lowest BCUT2D eigenvalue weighted by Crippen LogP contribution is -2.30. The summed E-state index contributed by atoms with van der Waals surface area (Å²) < 4.78 is 10.6.